The topological polar surface area (TPSA) is 44.9 Å². The summed E-state index contributed by atoms with van der Waals surface area (Å²) in [6, 6.07) is 1.86. The Hall–Kier alpha value is -1.25. The Morgan fingerprint density at radius 1 is 1.53 bits per heavy atom. The van der Waals surface area contributed by atoms with E-state index in [1.54, 1.807) is 0 Å². The molecule has 92 valence electrons. The number of nitrogens with one attached hydrogen (secondary N) is 2. The van der Waals surface area contributed by atoms with E-state index in [-0.39, 0.29) is 5.91 Å². The molecule has 2 bridgehead atoms. The number of fused-ring (bicyclic) bond motifs is 2. The fourth-order valence-corrected chi connectivity index (χ4v) is 3.62. The molecule has 2 saturated carbocycles. The summed E-state index contributed by atoms with van der Waals surface area (Å²) in [5.41, 5.74) is 2.18. The normalized spacial score (nSPS) is 30.8. The average molecular weight is 232 g/mol. The van der Waals surface area contributed by atoms with Gasteiger partial charge < -0.3 is 10.3 Å². The van der Waals surface area contributed by atoms with Crippen LogP contribution >= 0.6 is 0 Å². The van der Waals surface area contributed by atoms with Crippen molar-refractivity contribution >= 4 is 5.91 Å². The molecule has 17 heavy (non-hydrogen) atoms. The maximum absolute atomic E-state index is 12.0. The largest absolute Gasteiger partial charge is 0.365 e. The highest BCUT2D eigenvalue weighted by Crippen LogP contribution is 2.53. The molecule has 2 aliphatic rings. The molecule has 0 atom stereocenters. The minimum absolute atomic E-state index is 0.0773. The summed E-state index contributed by atoms with van der Waals surface area (Å²) in [5.74, 6) is 1.02. The number of carbonyl (C=O) groups is 1. The number of aromatic amines is 1. The van der Waals surface area contributed by atoms with Gasteiger partial charge in [0.05, 0.1) is 5.56 Å². The molecular weight excluding hydrogens is 212 g/mol. The lowest BCUT2D eigenvalue weighted by Crippen LogP contribution is -2.35. The van der Waals surface area contributed by atoms with Crippen LogP contribution in [0.15, 0.2) is 12.3 Å². The van der Waals surface area contributed by atoms with Crippen LogP contribution in [0.1, 0.15) is 48.2 Å². The summed E-state index contributed by atoms with van der Waals surface area (Å²) in [4.78, 5) is 15.1. The van der Waals surface area contributed by atoms with Crippen molar-refractivity contribution in [2.45, 2.75) is 39.0 Å². The van der Waals surface area contributed by atoms with Gasteiger partial charge in [0.25, 0.3) is 5.91 Å². The predicted octanol–water partition coefficient (Wildman–Crippen LogP) is 2.63. The molecule has 1 aromatic rings. The minimum atomic E-state index is 0.0773. The van der Waals surface area contributed by atoms with Crippen molar-refractivity contribution in [2.24, 2.45) is 11.3 Å². The van der Waals surface area contributed by atoms with Crippen molar-refractivity contribution in [3.63, 3.8) is 0 Å². The van der Waals surface area contributed by atoms with Gasteiger partial charge in [0.1, 0.15) is 0 Å². The van der Waals surface area contributed by atoms with E-state index in [0.717, 1.165) is 23.7 Å². The molecule has 3 rings (SSSR count). The van der Waals surface area contributed by atoms with Crippen LogP contribution in [0.4, 0.5) is 0 Å². The molecule has 0 radical (unpaired) electrons. The van der Waals surface area contributed by atoms with Gasteiger partial charge in [0.15, 0.2) is 0 Å². The number of H-pyrrole nitrogens is 1. The molecule has 1 aromatic heterocycles. The lowest BCUT2D eigenvalue weighted by Gasteiger charge is -2.26. The third-order valence-electron chi connectivity index (χ3n) is 4.71. The van der Waals surface area contributed by atoms with Crippen LogP contribution in [0.5, 0.6) is 0 Å². The van der Waals surface area contributed by atoms with E-state index >= 15 is 0 Å². The van der Waals surface area contributed by atoms with E-state index < -0.39 is 0 Å². The summed E-state index contributed by atoms with van der Waals surface area (Å²) in [7, 11) is 0. The second-order valence-electron chi connectivity index (χ2n) is 5.85. The van der Waals surface area contributed by atoms with Crippen LogP contribution in [0, 0.1) is 18.3 Å². The summed E-state index contributed by atoms with van der Waals surface area (Å²) >= 11 is 0. The van der Waals surface area contributed by atoms with Gasteiger partial charge in [-0.15, -0.1) is 0 Å². The smallest absolute Gasteiger partial charge is 0.253 e. The van der Waals surface area contributed by atoms with Gasteiger partial charge >= 0.3 is 0 Å². The monoisotopic (exact) mass is 232 g/mol. The third kappa shape index (κ3) is 1.88. The maximum Gasteiger partial charge on any atom is 0.253 e. The fourth-order valence-electron chi connectivity index (χ4n) is 3.62. The first-order valence-electron chi connectivity index (χ1n) is 6.61. The number of carbonyl (C=O) groups excluding carboxylic acids is 1. The van der Waals surface area contributed by atoms with Crippen molar-refractivity contribution < 1.29 is 4.79 Å². The van der Waals surface area contributed by atoms with Crippen molar-refractivity contribution in [2.75, 3.05) is 6.54 Å². The summed E-state index contributed by atoms with van der Waals surface area (Å²) < 4.78 is 0. The molecule has 3 nitrogen and oxygen atoms in total. The molecule has 0 aliphatic heterocycles. The Balaban J connectivity index is 1.61. The van der Waals surface area contributed by atoms with E-state index in [1.165, 1.54) is 32.1 Å². The van der Waals surface area contributed by atoms with Crippen molar-refractivity contribution in [1.82, 2.24) is 10.3 Å². The Bertz CT molecular complexity index is 427. The van der Waals surface area contributed by atoms with Crippen molar-refractivity contribution in [3.05, 3.63) is 23.5 Å². The number of amides is 1. The van der Waals surface area contributed by atoms with Gasteiger partial charge in [-0.3, -0.25) is 4.79 Å². The van der Waals surface area contributed by atoms with Gasteiger partial charge in [0, 0.05) is 18.4 Å². The lowest BCUT2D eigenvalue weighted by molar-refractivity contribution is 0.0930. The maximum atomic E-state index is 12.0. The number of hydrogen-bond acceptors (Lipinski definition) is 1. The second kappa shape index (κ2) is 3.90. The van der Waals surface area contributed by atoms with Gasteiger partial charge in [-0.1, -0.05) is 0 Å². The van der Waals surface area contributed by atoms with Gasteiger partial charge in [0.2, 0.25) is 0 Å². The zero-order valence-corrected chi connectivity index (χ0v) is 10.4. The molecule has 0 spiro atoms. The summed E-state index contributed by atoms with van der Waals surface area (Å²) in [5, 5.41) is 3.13. The van der Waals surface area contributed by atoms with Crippen molar-refractivity contribution in [3.8, 4) is 0 Å². The number of hydrogen-bond donors (Lipinski definition) is 2. The average Bonchev–Trinajstić information content (AvgIpc) is 3.01. The molecule has 2 fully saturated rings. The molecule has 3 heteroatoms. The molecule has 2 N–H and O–H groups in total. The minimum Gasteiger partial charge on any atom is -0.365 e. The Labute approximate surface area is 102 Å². The number of aromatic nitrogens is 1. The zero-order valence-electron chi connectivity index (χ0n) is 10.4. The van der Waals surface area contributed by atoms with E-state index in [1.807, 2.05) is 19.2 Å². The first-order valence-corrected chi connectivity index (χ1v) is 6.61. The van der Waals surface area contributed by atoms with Gasteiger partial charge in [-0.25, -0.2) is 0 Å². The predicted molar refractivity (Wildman–Crippen MR) is 66.9 cm³/mol. The van der Waals surface area contributed by atoms with Gasteiger partial charge in [-0.05, 0) is 56.4 Å². The molecule has 0 unspecified atom stereocenters. The van der Waals surface area contributed by atoms with E-state index in [0.29, 0.717) is 5.41 Å². The third-order valence-corrected chi connectivity index (χ3v) is 4.71. The summed E-state index contributed by atoms with van der Waals surface area (Å²) in [6.45, 7) is 2.81. The van der Waals surface area contributed by atoms with E-state index in [9.17, 15) is 4.79 Å². The standard InChI is InChI=1S/C14H20N2O/c1-10-12(4-7-15-10)13(17)16-9-14-5-2-11(8-14)3-6-14/h4,7,11,15H,2-3,5-6,8-9H2,1H3,(H,16,17). The van der Waals surface area contributed by atoms with Crippen molar-refractivity contribution in [1.29, 1.82) is 0 Å². The Kier molecular flexibility index (Phi) is 2.49. The molecule has 0 aromatic carbocycles. The van der Waals surface area contributed by atoms with Crippen LogP contribution in [0.3, 0.4) is 0 Å². The van der Waals surface area contributed by atoms with Gasteiger partial charge in [-0.2, -0.15) is 0 Å². The molecule has 1 amide bonds. The molecule has 2 aliphatic carbocycles. The first-order chi connectivity index (χ1) is 8.19. The van der Waals surface area contributed by atoms with Crippen LogP contribution in [-0.4, -0.2) is 17.4 Å². The van der Waals surface area contributed by atoms with E-state index in [2.05, 4.69) is 10.3 Å². The first kappa shape index (κ1) is 10.9. The number of rotatable bonds is 3. The molecule has 0 saturated heterocycles. The second-order valence-corrected chi connectivity index (χ2v) is 5.85. The van der Waals surface area contributed by atoms with Crippen LogP contribution in [0.25, 0.3) is 0 Å². The fraction of sp³-hybridized carbons (Fsp3) is 0.643. The highest BCUT2D eigenvalue weighted by molar-refractivity contribution is 5.95. The Morgan fingerprint density at radius 3 is 2.82 bits per heavy atom. The summed E-state index contributed by atoms with van der Waals surface area (Å²) in [6.07, 6.45) is 8.52. The SMILES string of the molecule is Cc1[nH]ccc1C(=O)NCC12CCC(CC1)C2. The highest BCUT2D eigenvalue weighted by Gasteiger charge is 2.44. The lowest BCUT2D eigenvalue weighted by atomic mass is 9.84. The Morgan fingerprint density at radius 2 is 2.29 bits per heavy atom. The quantitative estimate of drug-likeness (QED) is 0.826. The zero-order chi connectivity index (χ0) is 11.9. The van der Waals surface area contributed by atoms with Crippen LogP contribution in [0.2, 0.25) is 0 Å². The molecular formula is C14H20N2O. The highest BCUT2D eigenvalue weighted by atomic mass is 16.1. The number of aryl methyl sites for hydroxylation is 1. The van der Waals surface area contributed by atoms with Crippen LogP contribution in [-0.2, 0) is 0 Å². The van der Waals surface area contributed by atoms with E-state index in [4.69, 9.17) is 0 Å². The molecule has 1 heterocycles. The van der Waals surface area contributed by atoms with Crippen LogP contribution < -0.4 is 5.32 Å².